The molecule has 0 fully saturated rings. The summed E-state index contributed by atoms with van der Waals surface area (Å²) in [6, 6.07) is -0.613. The first kappa shape index (κ1) is 39.1. The lowest BCUT2D eigenvalue weighted by Gasteiger charge is -2.20. The molecule has 0 aromatic carbocycles. The lowest BCUT2D eigenvalue weighted by Crippen LogP contribution is -2.45. The molecule has 0 aliphatic heterocycles. The van der Waals surface area contributed by atoms with E-state index >= 15 is 0 Å². The fourth-order valence-electron chi connectivity index (χ4n) is 5.47. The summed E-state index contributed by atoms with van der Waals surface area (Å²) in [7, 11) is 0. The normalized spacial score (nSPS) is 13.2. The van der Waals surface area contributed by atoms with Crippen molar-refractivity contribution in [3.8, 4) is 0 Å². The Balaban J connectivity index is 3.59. The Morgan fingerprint density at radius 2 is 0.925 bits per heavy atom. The van der Waals surface area contributed by atoms with E-state index in [0.29, 0.717) is 6.42 Å². The van der Waals surface area contributed by atoms with E-state index in [9.17, 15) is 15.0 Å². The van der Waals surface area contributed by atoms with Crippen molar-refractivity contribution in [2.24, 2.45) is 0 Å². The summed E-state index contributed by atoms with van der Waals surface area (Å²) in [5.74, 6) is -0.0634. The molecule has 0 rings (SSSR count). The van der Waals surface area contributed by atoms with Crippen molar-refractivity contribution >= 4 is 5.91 Å². The van der Waals surface area contributed by atoms with Crippen molar-refractivity contribution in [1.29, 1.82) is 0 Å². The van der Waals surface area contributed by atoms with Crippen LogP contribution in [-0.2, 0) is 4.79 Å². The largest absolute Gasteiger partial charge is 0.394 e. The zero-order valence-electron chi connectivity index (χ0n) is 27.1. The molecule has 0 radical (unpaired) electrons. The van der Waals surface area contributed by atoms with Crippen LogP contribution in [0.25, 0.3) is 0 Å². The lowest BCUT2D eigenvalue weighted by molar-refractivity contribution is -0.123. The van der Waals surface area contributed by atoms with Crippen molar-refractivity contribution in [2.45, 2.75) is 206 Å². The predicted octanol–water partition coefficient (Wildman–Crippen LogP) is 10.3. The molecule has 0 aromatic rings. The molecular formula is C36H71NO3. The summed E-state index contributed by atoms with van der Waals surface area (Å²) in [6.07, 6.45) is 38.6. The van der Waals surface area contributed by atoms with Crippen molar-refractivity contribution in [3.63, 3.8) is 0 Å². The number of hydrogen-bond acceptors (Lipinski definition) is 3. The van der Waals surface area contributed by atoms with Gasteiger partial charge in [0.2, 0.25) is 5.91 Å². The molecule has 4 heteroatoms. The maximum Gasteiger partial charge on any atom is 0.220 e. The Morgan fingerprint density at radius 1 is 0.575 bits per heavy atom. The van der Waals surface area contributed by atoms with Crippen LogP contribution in [-0.4, -0.2) is 34.9 Å². The monoisotopic (exact) mass is 566 g/mol. The molecule has 2 atom stereocenters. The van der Waals surface area contributed by atoms with Crippen LogP contribution in [0.1, 0.15) is 194 Å². The molecule has 0 saturated carbocycles. The fraction of sp³-hybridized carbons (Fsp3) is 0.917. The second kappa shape index (κ2) is 32.6. The minimum atomic E-state index is -0.831. The molecule has 2 unspecified atom stereocenters. The first-order chi connectivity index (χ1) is 19.7. The van der Waals surface area contributed by atoms with Gasteiger partial charge in [0.05, 0.1) is 18.8 Å². The van der Waals surface area contributed by atoms with Gasteiger partial charge in [0, 0.05) is 6.42 Å². The molecule has 3 N–H and O–H groups in total. The van der Waals surface area contributed by atoms with Crippen LogP contribution in [0.4, 0.5) is 0 Å². The van der Waals surface area contributed by atoms with E-state index in [-0.39, 0.29) is 12.5 Å². The van der Waals surface area contributed by atoms with Crippen LogP contribution in [0, 0.1) is 0 Å². The minimum Gasteiger partial charge on any atom is -0.394 e. The van der Waals surface area contributed by atoms with Gasteiger partial charge >= 0.3 is 0 Å². The van der Waals surface area contributed by atoms with Crippen LogP contribution >= 0.6 is 0 Å². The summed E-state index contributed by atoms with van der Waals surface area (Å²) in [4.78, 5) is 12.3. The second-order valence-electron chi connectivity index (χ2n) is 12.3. The van der Waals surface area contributed by atoms with Gasteiger partial charge in [-0.1, -0.05) is 180 Å². The maximum atomic E-state index is 12.3. The Labute approximate surface area is 250 Å². The summed E-state index contributed by atoms with van der Waals surface area (Å²) >= 11 is 0. The molecule has 0 heterocycles. The van der Waals surface area contributed by atoms with Gasteiger partial charge in [0.25, 0.3) is 0 Å². The Hall–Kier alpha value is -0.870. The number of hydrogen-bond donors (Lipinski definition) is 3. The Kier molecular flexibility index (Phi) is 31.9. The highest BCUT2D eigenvalue weighted by molar-refractivity contribution is 5.76. The molecule has 0 bridgehead atoms. The van der Waals surface area contributed by atoms with Gasteiger partial charge in [0.15, 0.2) is 0 Å². The highest BCUT2D eigenvalue weighted by atomic mass is 16.3. The molecule has 238 valence electrons. The fourth-order valence-corrected chi connectivity index (χ4v) is 5.47. The van der Waals surface area contributed by atoms with E-state index in [1.54, 1.807) is 6.08 Å². The smallest absolute Gasteiger partial charge is 0.220 e. The van der Waals surface area contributed by atoms with E-state index in [0.717, 1.165) is 25.7 Å². The number of allylic oxidation sites excluding steroid dienone is 1. The van der Waals surface area contributed by atoms with Crippen LogP contribution in [0.2, 0.25) is 0 Å². The second-order valence-corrected chi connectivity index (χ2v) is 12.3. The third kappa shape index (κ3) is 28.7. The van der Waals surface area contributed by atoms with Crippen LogP contribution in [0.5, 0.6) is 0 Å². The van der Waals surface area contributed by atoms with Gasteiger partial charge in [-0.3, -0.25) is 4.79 Å². The van der Waals surface area contributed by atoms with Crippen molar-refractivity contribution in [3.05, 3.63) is 12.2 Å². The number of carbonyl (C=O) groups excluding carboxylic acids is 1. The molecule has 0 aliphatic rings. The average Bonchev–Trinajstić information content (AvgIpc) is 2.96. The number of rotatable bonds is 32. The SMILES string of the molecule is CCCCCCCCCCCC/C=C/C(O)C(CO)NC(=O)CCCCCCCCCCCCCCCCCC. The zero-order chi connectivity index (χ0) is 29.4. The minimum absolute atomic E-state index is 0.0634. The number of amides is 1. The summed E-state index contributed by atoms with van der Waals surface area (Å²) < 4.78 is 0. The molecule has 0 aromatic heterocycles. The number of aliphatic hydroxyl groups excluding tert-OH is 2. The predicted molar refractivity (Wildman–Crippen MR) is 175 cm³/mol. The van der Waals surface area contributed by atoms with Crippen molar-refractivity contribution in [1.82, 2.24) is 5.32 Å². The maximum absolute atomic E-state index is 12.3. The summed E-state index contributed by atoms with van der Waals surface area (Å²) in [5, 5.41) is 22.8. The van der Waals surface area contributed by atoms with E-state index in [4.69, 9.17) is 0 Å². The highest BCUT2D eigenvalue weighted by Crippen LogP contribution is 2.15. The lowest BCUT2D eigenvalue weighted by atomic mass is 10.0. The van der Waals surface area contributed by atoms with E-state index in [2.05, 4.69) is 19.2 Å². The molecular weight excluding hydrogens is 494 g/mol. The first-order valence-electron chi connectivity index (χ1n) is 17.9. The van der Waals surface area contributed by atoms with Gasteiger partial charge in [-0.05, 0) is 19.3 Å². The number of carbonyl (C=O) groups is 1. The Morgan fingerprint density at radius 3 is 1.30 bits per heavy atom. The third-order valence-corrected chi connectivity index (χ3v) is 8.27. The van der Waals surface area contributed by atoms with Gasteiger partial charge in [0.1, 0.15) is 0 Å². The summed E-state index contributed by atoms with van der Waals surface area (Å²) in [5.41, 5.74) is 0. The molecule has 40 heavy (non-hydrogen) atoms. The third-order valence-electron chi connectivity index (χ3n) is 8.27. The van der Waals surface area contributed by atoms with Crippen molar-refractivity contribution < 1.29 is 15.0 Å². The van der Waals surface area contributed by atoms with Gasteiger partial charge < -0.3 is 15.5 Å². The molecule has 0 saturated heterocycles. The van der Waals surface area contributed by atoms with Gasteiger partial charge in [-0.25, -0.2) is 0 Å². The first-order valence-corrected chi connectivity index (χ1v) is 17.9. The standard InChI is InChI=1S/C36H71NO3/c1-3-5-7-9-11-13-15-17-18-19-20-22-24-26-28-30-32-36(40)37-34(33-38)35(39)31-29-27-25-23-21-16-14-12-10-8-6-4-2/h29,31,34-35,38-39H,3-28,30,32-33H2,1-2H3,(H,37,40)/b31-29+. The van der Waals surface area contributed by atoms with Gasteiger partial charge in [-0.2, -0.15) is 0 Å². The van der Waals surface area contributed by atoms with Crippen LogP contribution in [0.3, 0.4) is 0 Å². The molecule has 0 aliphatic carbocycles. The Bertz CT molecular complexity index is 536. The molecule has 4 nitrogen and oxygen atoms in total. The number of aliphatic hydroxyl groups is 2. The zero-order valence-corrected chi connectivity index (χ0v) is 27.1. The highest BCUT2D eigenvalue weighted by Gasteiger charge is 2.17. The molecule has 0 spiro atoms. The molecule has 1 amide bonds. The quantitative estimate of drug-likeness (QED) is 0.0561. The number of nitrogens with one attached hydrogen (secondary N) is 1. The topological polar surface area (TPSA) is 69.6 Å². The van der Waals surface area contributed by atoms with Crippen LogP contribution in [0.15, 0.2) is 12.2 Å². The average molecular weight is 566 g/mol. The van der Waals surface area contributed by atoms with E-state index < -0.39 is 12.1 Å². The number of unbranched alkanes of at least 4 members (excludes halogenated alkanes) is 25. The van der Waals surface area contributed by atoms with Crippen molar-refractivity contribution in [2.75, 3.05) is 6.61 Å². The van der Waals surface area contributed by atoms with E-state index in [1.807, 2.05) is 6.08 Å². The summed E-state index contributed by atoms with van der Waals surface area (Å²) in [6.45, 7) is 4.30. The van der Waals surface area contributed by atoms with E-state index in [1.165, 1.54) is 148 Å². The van der Waals surface area contributed by atoms with Gasteiger partial charge in [-0.15, -0.1) is 0 Å². The van der Waals surface area contributed by atoms with Crippen LogP contribution < -0.4 is 5.32 Å².